The van der Waals surface area contributed by atoms with E-state index >= 15 is 0 Å². The van der Waals surface area contributed by atoms with Gasteiger partial charge in [0, 0.05) is 25.2 Å². The fourth-order valence-corrected chi connectivity index (χ4v) is 2.44. The van der Waals surface area contributed by atoms with Gasteiger partial charge in [0.25, 0.3) is 0 Å². The van der Waals surface area contributed by atoms with E-state index in [1.54, 1.807) is 0 Å². The van der Waals surface area contributed by atoms with Gasteiger partial charge in [-0.1, -0.05) is 6.92 Å². The maximum Gasteiger partial charge on any atom is 0.0753 e. The maximum absolute atomic E-state index is 5.73. The summed E-state index contributed by atoms with van der Waals surface area (Å²) in [7, 11) is 2.05. The number of nitrogens with one attached hydrogen (secondary N) is 1. The third kappa shape index (κ3) is 3.44. The molecule has 3 nitrogen and oxygen atoms in total. The van der Waals surface area contributed by atoms with Crippen molar-refractivity contribution in [3.05, 3.63) is 0 Å². The fourth-order valence-electron chi connectivity index (χ4n) is 2.44. The predicted octanol–water partition coefficient (Wildman–Crippen LogP) is 1.48. The highest BCUT2D eigenvalue weighted by molar-refractivity contribution is 4.86. The third-order valence-electron chi connectivity index (χ3n) is 3.42. The Bertz CT molecular complexity index is 190. The summed E-state index contributed by atoms with van der Waals surface area (Å²) in [6.07, 6.45) is 1.18. The van der Waals surface area contributed by atoms with Gasteiger partial charge in [0.05, 0.1) is 12.2 Å². The van der Waals surface area contributed by atoms with Crippen LogP contribution >= 0.6 is 0 Å². The van der Waals surface area contributed by atoms with Crippen LogP contribution in [0.1, 0.15) is 34.1 Å². The van der Waals surface area contributed by atoms with Crippen molar-refractivity contribution >= 4 is 0 Å². The molecule has 1 aliphatic rings. The molecule has 0 radical (unpaired) electrons. The Morgan fingerprint density at radius 3 is 2.60 bits per heavy atom. The van der Waals surface area contributed by atoms with Gasteiger partial charge in [0.15, 0.2) is 0 Å². The quantitative estimate of drug-likeness (QED) is 0.767. The first-order valence-electron chi connectivity index (χ1n) is 6.05. The minimum absolute atomic E-state index is 0.0124. The predicted molar refractivity (Wildman–Crippen MR) is 64.2 cm³/mol. The molecule has 0 spiro atoms. The first-order chi connectivity index (χ1) is 7.00. The van der Waals surface area contributed by atoms with E-state index in [0.717, 1.165) is 19.7 Å². The molecule has 1 N–H and O–H groups in total. The van der Waals surface area contributed by atoms with Gasteiger partial charge in [0.2, 0.25) is 0 Å². The molecular weight excluding hydrogens is 188 g/mol. The zero-order chi connectivity index (χ0) is 11.5. The van der Waals surface area contributed by atoms with Crippen LogP contribution in [0.25, 0.3) is 0 Å². The summed E-state index contributed by atoms with van der Waals surface area (Å²) in [5.74, 6) is 0. The molecule has 0 amide bonds. The molecule has 0 aromatic carbocycles. The van der Waals surface area contributed by atoms with Crippen molar-refractivity contribution in [2.75, 3.05) is 26.7 Å². The smallest absolute Gasteiger partial charge is 0.0753 e. The van der Waals surface area contributed by atoms with Crippen LogP contribution in [0.5, 0.6) is 0 Å². The average Bonchev–Trinajstić information content (AvgIpc) is 2.18. The largest absolute Gasteiger partial charge is 0.373 e. The topological polar surface area (TPSA) is 24.5 Å². The van der Waals surface area contributed by atoms with Gasteiger partial charge in [-0.15, -0.1) is 0 Å². The molecule has 0 aromatic rings. The van der Waals surface area contributed by atoms with Gasteiger partial charge in [-0.3, -0.25) is 4.90 Å². The second-order valence-corrected chi connectivity index (χ2v) is 5.12. The van der Waals surface area contributed by atoms with Crippen molar-refractivity contribution in [3.63, 3.8) is 0 Å². The second-order valence-electron chi connectivity index (χ2n) is 5.12. The summed E-state index contributed by atoms with van der Waals surface area (Å²) in [6.45, 7) is 11.8. The number of hydrogen-bond donors (Lipinski definition) is 1. The Hall–Kier alpha value is -0.120. The van der Waals surface area contributed by atoms with Crippen molar-refractivity contribution in [2.24, 2.45) is 0 Å². The van der Waals surface area contributed by atoms with Gasteiger partial charge in [-0.25, -0.2) is 0 Å². The van der Waals surface area contributed by atoms with Gasteiger partial charge < -0.3 is 10.1 Å². The van der Waals surface area contributed by atoms with Crippen LogP contribution in [-0.2, 0) is 4.74 Å². The van der Waals surface area contributed by atoms with Crippen LogP contribution in [0.3, 0.4) is 0 Å². The average molecular weight is 214 g/mol. The molecule has 0 saturated carbocycles. The molecule has 1 saturated heterocycles. The Morgan fingerprint density at radius 1 is 1.47 bits per heavy atom. The highest BCUT2D eigenvalue weighted by Crippen LogP contribution is 2.20. The van der Waals surface area contributed by atoms with Crippen LogP contribution < -0.4 is 5.32 Å². The second kappa shape index (κ2) is 5.28. The van der Waals surface area contributed by atoms with Crippen LogP contribution in [0.4, 0.5) is 0 Å². The number of nitrogens with zero attached hydrogens (tertiary/aromatic N) is 1. The molecular formula is C12H26N2O. The van der Waals surface area contributed by atoms with E-state index in [1.807, 2.05) is 0 Å². The summed E-state index contributed by atoms with van der Waals surface area (Å²) in [5, 5.41) is 3.39. The van der Waals surface area contributed by atoms with Crippen molar-refractivity contribution < 1.29 is 4.74 Å². The third-order valence-corrected chi connectivity index (χ3v) is 3.42. The first kappa shape index (κ1) is 12.9. The van der Waals surface area contributed by atoms with E-state index < -0.39 is 0 Å². The molecule has 2 atom stereocenters. The lowest BCUT2D eigenvalue weighted by Gasteiger charge is -2.43. The number of morpholine rings is 1. The van der Waals surface area contributed by atoms with Gasteiger partial charge >= 0.3 is 0 Å². The summed E-state index contributed by atoms with van der Waals surface area (Å²) >= 11 is 0. The minimum atomic E-state index is 0.0124. The molecule has 2 unspecified atom stereocenters. The Balaban J connectivity index is 2.55. The number of rotatable bonds is 4. The minimum Gasteiger partial charge on any atom is -0.373 e. The van der Waals surface area contributed by atoms with Crippen molar-refractivity contribution in [2.45, 2.75) is 51.8 Å². The Labute approximate surface area is 94.2 Å². The number of ether oxygens (including phenoxy) is 1. The lowest BCUT2D eigenvalue weighted by atomic mass is 10.0. The molecule has 1 rings (SSSR count). The summed E-state index contributed by atoms with van der Waals surface area (Å²) in [5.41, 5.74) is 0.0124. The molecule has 0 bridgehead atoms. The molecule has 1 aliphatic heterocycles. The monoisotopic (exact) mass is 214 g/mol. The molecule has 90 valence electrons. The summed E-state index contributed by atoms with van der Waals surface area (Å²) < 4.78 is 5.73. The first-order valence-corrected chi connectivity index (χ1v) is 6.05. The van der Waals surface area contributed by atoms with Crippen LogP contribution in [0.2, 0.25) is 0 Å². The van der Waals surface area contributed by atoms with Crippen molar-refractivity contribution in [1.29, 1.82) is 0 Å². The Morgan fingerprint density at radius 2 is 2.13 bits per heavy atom. The van der Waals surface area contributed by atoms with Crippen LogP contribution in [0.15, 0.2) is 0 Å². The molecule has 3 heteroatoms. The van der Waals surface area contributed by atoms with E-state index in [1.165, 1.54) is 6.42 Å². The fraction of sp³-hybridized carbons (Fsp3) is 1.00. The van der Waals surface area contributed by atoms with Crippen LogP contribution in [0, 0.1) is 0 Å². The zero-order valence-electron chi connectivity index (χ0n) is 10.8. The molecule has 0 aromatic heterocycles. The number of hydrogen-bond acceptors (Lipinski definition) is 3. The van der Waals surface area contributed by atoms with E-state index in [0.29, 0.717) is 12.1 Å². The van der Waals surface area contributed by atoms with E-state index in [9.17, 15) is 0 Å². The van der Waals surface area contributed by atoms with Gasteiger partial charge in [-0.05, 0) is 34.2 Å². The lowest BCUT2D eigenvalue weighted by Crippen LogP contribution is -2.56. The van der Waals surface area contributed by atoms with Crippen molar-refractivity contribution in [3.8, 4) is 0 Å². The lowest BCUT2D eigenvalue weighted by molar-refractivity contribution is -0.0983. The van der Waals surface area contributed by atoms with Gasteiger partial charge in [0.1, 0.15) is 0 Å². The summed E-state index contributed by atoms with van der Waals surface area (Å²) in [6, 6.07) is 1.17. The van der Waals surface area contributed by atoms with Crippen LogP contribution in [-0.4, -0.2) is 49.3 Å². The van der Waals surface area contributed by atoms with E-state index in [4.69, 9.17) is 4.74 Å². The SMILES string of the molecule is CCC(NC)C(C)N1CCOC(C)(C)C1. The molecule has 1 fully saturated rings. The van der Waals surface area contributed by atoms with E-state index in [2.05, 4.69) is 45.0 Å². The maximum atomic E-state index is 5.73. The highest BCUT2D eigenvalue weighted by Gasteiger charge is 2.31. The van der Waals surface area contributed by atoms with Crippen molar-refractivity contribution in [1.82, 2.24) is 10.2 Å². The molecule has 1 heterocycles. The molecule has 15 heavy (non-hydrogen) atoms. The normalized spacial score (nSPS) is 26.2. The zero-order valence-corrected chi connectivity index (χ0v) is 10.8. The van der Waals surface area contributed by atoms with Gasteiger partial charge in [-0.2, -0.15) is 0 Å². The molecule has 0 aliphatic carbocycles. The highest BCUT2D eigenvalue weighted by atomic mass is 16.5. The standard InChI is InChI=1S/C12H26N2O/c1-6-11(13-5)10(2)14-7-8-15-12(3,4)9-14/h10-11,13H,6-9H2,1-5H3. The number of likely N-dealkylation sites (N-methyl/N-ethyl adjacent to an activating group) is 1. The van der Waals surface area contributed by atoms with E-state index in [-0.39, 0.29) is 5.60 Å². The Kier molecular flexibility index (Phi) is 4.56. The summed E-state index contributed by atoms with van der Waals surface area (Å²) in [4.78, 5) is 2.54.